The molecule has 10 heteroatoms. The van der Waals surface area contributed by atoms with Crippen LogP contribution in [0.1, 0.15) is 20.8 Å². The molecule has 3 N–H and O–H groups in total. The van der Waals surface area contributed by atoms with E-state index in [4.69, 9.17) is 4.98 Å². The Morgan fingerprint density at radius 1 is 0.892 bits per heavy atom. The number of H-pyrrole nitrogens is 2. The van der Waals surface area contributed by atoms with Gasteiger partial charge in [0.25, 0.3) is 0 Å². The van der Waals surface area contributed by atoms with Gasteiger partial charge in [-0.05, 0) is 30.3 Å². The van der Waals surface area contributed by atoms with Crippen molar-refractivity contribution in [1.29, 1.82) is 0 Å². The molecule has 10 nitrogen and oxygen atoms in total. The molecule has 0 aliphatic heterocycles. The van der Waals surface area contributed by atoms with Gasteiger partial charge in [0.2, 0.25) is 5.91 Å². The topological polar surface area (TPSA) is 138 Å². The highest BCUT2D eigenvalue weighted by Crippen LogP contribution is 2.31. The van der Waals surface area contributed by atoms with Gasteiger partial charge in [0.05, 0.1) is 40.5 Å². The lowest BCUT2D eigenvalue weighted by Crippen LogP contribution is -2.27. The standard InChI is InChI=1S/C27H23N9O/c1-27(2,3)26(37)32-16-10-15(12-28-13-16)20-11-17-21(14-31-20)35-36-22(17)25-33-19-7-9-30-23(24(19)34-25)18-6-4-5-8-29-18/h4-14H,1-3H3,(H,32,37)(H,33,34)(H,35,36). The molecule has 6 aromatic heterocycles. The summed E-state index contributed by atoms with van der Waals surface area (Å²) >= 11 is 0. The van der Waals surface area contributed by atoms with Crippen LogP contribution in [0.4, 0.5) is 5.69 Å². The van der Waals surface area contributed by atoms with Crippen LogP contribution in [0.5, 0.6) is 0 Å². The van der Waals surface area contributed by atoms with Crippen molar-refractivity contribution in [3.05, 3.63) is 67.4 Å². The minimum Gasteiger partial charge on any atom is -0.336 e. The number of aromatic nitrogens is 8. The Kier molecular flexibility index (Phi) is 5.22. The van der Waals surface area contributed by atoms with Gasteiger partial charge in [0.15, 0.2) is 5.82 Å². The fraction of sp³-hybridized carbons (Fsp3) is 0.148. The summed E-state index contributed by atoms with van der Waals surface area (Å²) < 4.78 is 0. The number of fused-ring (bicyclic) bond motifs is 2. The quantitative estimate of drug-likeness (QED) is 0.317. The van der Waals surface area contributed by atoms with Crippen LogP contribution in [-0.4, -0.2) is 46.0 Å². The van der Waals surface area contributed by atoms with E-state index in [0.29, 0.717) is 34.1 Å². The van der Waals surface area contributed by atoms with Crippen molar-refractivity contribution in [1.82, 2.24) is 40.1 Å². The number of amides is 1. The zero-order valence-electron chi connectivity index (χ0n) is 20.4. The SMILES string of the molecule is CC(C)(C)C(=O)Nc1cncc(-c2cc3c(-c4nc5c(-c6ccccn6)nccc5[nH]4)n[nH]c3cn2)c1. The Hall–Kier alpha value is -4.99. The molecule has 0 fully saturated rings. The van der Waals surface area contributed by atoms with E-state index in [1.807, 2.05) is 57.2 Å². The first-order chi connectivity index (χ1) is 17.9. The number of nitrogens with zero attached hydrogens (tertiary/aromatic N) is 6. The van der Waals surface area contributed by atoms with Gasteiger partial charge in [0, 0.05) is 35.0 Å². The normalized spacial score (nSPS) is 11.8. The predicted molar refractivity (Wildman–Crippen MR) is 141 cm³/mol. The van der Waals surface area contributed by atoms with Crippen LogP contribution in [0.3, 0.4) is 0 Å². The molecule has 0 saturated carbocycles. The van der Waals surface area contributed by atoms with E-state index < -0.39 is 5.41 Å². The Bertz CT molecular complexity index is 1760. The maximum Gasteiger partial charge on any atom is 0.229 e. The van der Waals surface area contributed by atoms with Crippen molar-refractivity contribution in [2.75, 3.05) is 5.32 Å². The third-order valence-electron chi connectivity index (χ3n) is 5.95. The van der Waals surface area contributed by atoms with Crippen molar-refractivity contribution >= 4 is 33.5 Å². The summed E-state index contributed by atoms with van der Waals surface area (Å²) in [5.74, 6) is 0.518. The fourth-order valence-electron chi connectivity index (χ4n) is 3.96. The minimum absolute atomic E-state index is 0.0866. The van der Waals surface area contributed by atoms with E-state index in [-0.39, 0.29) is 5.91 Å². The fourth-order valence-corrected chi connectivity index (χ4v) is 3.96. The lowest BCUT2D eigenvalue weighted by Gasteiger charge is -2.17. The van der Waals surface area contributed by atoms with Gasteiger partial charge in [0.1, 0.15) is 16.9 Å². The summed E-state index contributed by atoms with van der Waals surface area (Å²) in [6.45, 7) is 5.59. The van der Waals surface area contributed by atoms with Crippen molar-refractivity contribution in [2.45, 2.75) is 20.8 Å². The van der Waals surface area contributed by atoms with E-state index in [0.717, 1.165) is 27.7 Å². The van der Waals surface area contributed by atoms with Gasteiger partial charge >= 0.3 is 0 Å². The van der Waals surface area contributed by atoms with E-state index in [2.05, 4.69) is 40.4 Å². The van der Waals surface area contributed by atoms with Crippen LogP contribution in [-0.2, 0) is 4.79 Å². The molecule has 0 spiro atoms. The van der Waals surface area contributed by atoms with Crippen LogP contribution in [0.15, 0.2) is 67.4 Å². The monoisotopic (exact) mass is 489 g/mol. The van der Waals surface area contributed by atoms with Gasteiger partial charge in [-0.1, -0.05) is 26.8 Å². The number of carbonyl (C=O) groups is 1. The Labute approximate surface area is 211 Å². The third kappa shape index (κ3) is 4.18. The second-order valence-electron chi connectivity index (χ2n) is 9.71. The maximum absolute atomic E-state index is 12.4. The molecular formula is C27H23N9O. The van der Waals surface area contributed by atoms with E-state index in [9.17, 15) is 4.79 Å². The second-order valence-corrected chi connectivity index (χ2v) is 9.71. The molecule has 0 atom stereocenters. The first-order valence-electron chi connectivity index (χ1n) is 11.7. The summed E-state index contributed by atoms with van der Waals surface area (Å²) in [5.41, 5.74) is 5.98. The molecular weight excluding hydrogens is 466 g/mol. The molecule has 0 aliphatic carbocycles. The Balaban J connectivity index is 1.40. The van der Waals surface area contributed by atoms with E-state index in [1.54, 1.807) is 31.0 Å². The lowest BCUT2D eigenvalue weighted by molar-refractivity contribution is -0.123. The third-order valence-corrected chi connectivity index (χ3v) is 5.95. The molecule has 0 unspecified atom stereocenters. The molecule has 6 heterocycles. The van der Waals surface area contributed by atoms with Crippen LogP contribution < -0.4 is 5.32 Å². The zero-order chi connectivity index (χ0) is 25.6. The lowest BCUT2D eigenvalue weighted by atomic mass is 9.95. The van der Waals surface area contributed by atoms with Crippen molar-refractivity contribution in [3.63, 3.8) is 0 Å². The van der Waals surface area contributed by atoms with E-state index >= 15 is 0 Å². The number of hydrogen-bond acceptors (Lipinski definition) is 7. The Morgan fingerprint density at radius 2 is 1.78 bits per heavy atom. The molecule has 1 amide bonds. The summed E-state index contributed by atoms with van der Waals surface area (Å²) in [5, 5.41) is 11.3. The van der Waals surface area contributed by atoms with Crippen molar-refractivity contribution in [2.24, 2.45) is 5.41 Å². The summed E-state index contributed by atoms with van der Waals surface area (Å²) in [6.07, 6.45) is 8.53. The number of aromatic amines is 2. The number of pyridine rings is 4. The van der Waals surface area contributed by atoms with Crippen molar-refractivity contribution < 1.29 is 4.79 Å². The maximum atomic E-state index is 12.4. The summed E-state index contributed by atoms with van der Waals surface area (Å²) in [4.78, 5) is 38.4. The average Bonchev–Trinajstić information content (AvgIpc) is 3.52. The first-order valence-corrected chi connectivity index (χ1v) is 11.7. The number of nitrogens with one attached hydrogen (secondary N) is 3. The van der Waals surface area contributed by atoms with Crippen LogP contribution in [0, 0.1) is 5.41 Å². The van der Waals surface area contributed by atoms with Gasteiger partial charge < -0.3 is 10.3 Å². The van der Waals surface area contributed by atoms with Crippen LogP contribution >= 0.6 is 0 Å². The molecule has 182 valence electrons. The zero-order valence-corrected chi connectivity index (χ0v) is 20.4. The molecule has 0 aromatic carbocycles. The first kappa shape index (κ1) is 22.5. The second kappa shape index (κ2) is 8.59. The molecule has 37 heavy (non-hydrogen) atoms. The highest BCUT2D eigenvalue weighted by molar-refractivity contribution is 5.97. The number of hydrogen-bond donors (Lipinski definition) is 3. The van der Waals surface area contributed by atoms with Crippen molar-refractivity contribution in [3.8, 4) is 34.2 Å². The number of imidazole rings is 1. The number of anilines is 1. The van der Waals surface area contributed by atoms with E-state index in [1.165, 1.54) is 0 Å². The van der Waals surface area contributed by atoms with Gasteiger partial charge in [-0.15, -0.1) is 0 Å². The molecule has 0 radical (unpaired) electrons. The molecule has 6 rings (SSSR count). The van der Waals surface area contributed by atoms with Crippen LogP contribution in [0.2, 0.25) is 0 Å². The number of rotatable bonds is 4. The molecule has 0 saturated heterocycles. The summed E-state index contributed by atoms with van der Waals surface area (Å²) in [7, 11) is 0. The minimum atomic E-state index is -0.516. The predicted octanol–water partition coefficient (Wildman–Crippen LogP) is 5.00. The number of carbonyl (C=O) groups excluding carboxylic acids is 1. The van der Waals surface area contributed by atoms with Gasteiger partial charge in [-0.3, -0.25) is 29.8 Å². The van der Waals surface area contributed by atoms with Gasteiger partial charge in [-0.25, -0.2) is 4.98 Å². The molecule has 0 bridgehead atoms. The highest BCUT2D eigenvalue weighted by Gasteiger charge is 2.22. The smallest absolute Gasteiger partial charge is 0.229 e. The van der Waals surface area contributed by atoms with Crippen LogP contribution in [0.25, 0.3) is 56.1 Å². The summed E-state index contributed by atoms with van der Waals surface area (Å²) in [6, 6.07) is 11.4. The molecule has 0 aliphatic rings. The Morgan fingerprint density at radius 3 is 2.59 bits per heavy atom. The van der Waals surface area contributed by atoms with Gasteiger partial charge in [-0.2, -0.15) is 5.10 Å². The average molecular weight is 490 g/mol. The highest BCUT2D eigenvalue weighted by atomic mass is 16.2. The largest absolute Gasteiger partial charge is 0.336 e. The molecule has 6 aromatic rings.